The first-order chi connectivity index (χ1) is 17.7. The molecule has 0 aromatic heterocycles. The van der Waals surface area contributed by atoms with Crippen molar-refractivity contribution in [1.82, 2.24) is 0 Å². The summed E-state index contributed by atoms with van der Waals surface area (Å²) in [5, 5.41) is 53.5. The van der Waals surface area contributed by atoms with Crippen LogP contribution in [0.1, 0.15) is 66.7 Å². The number of allylic oxidation sites excluding steroid dienone is 1. The number of hydrogen-bond acceptors (Lipinski definition) is 11. The second-order valence-electron chi connectivity index (χ2n) is 11.6. The van der Waals surface area contributed by atoms with Gasteiger partial charge in [0.05, 0.1) is 48.6 Å². The minimum atomic E-state index is -1.85. The van der Waals surface area contributed by atoms with E-state index in [4.69, 9.17) is 25.7 Å². The molecule has 0 aromatic carbocycles. The predicted octanol–water partition coefficient (Wildman–Crippen LogP) is -0.0626. The maximum absolute atomic E-state index is 13.1. The third-order valence-electron chi connectivity index (χ3n) is 7.39. The molecule has 0 spiro atoms. The molecular weight excluding hydrogens is 496 g/mol. The summed E-state index contributed by atoms with van der Waals surface area (Å²) >= 11 is 0. The predicted molar refractivity (Wildman–Crippen MR) is 140 cm³/mol. The molecule has 2 fully saturated rings. The van der Waals surface area contributed by atoms with Gasteiger partial charge in [-0.3, -0.25) is 4.79 Å². The highest BCUT2D eigenvalue weighted by molar-refractivity contribution is 5.82. The fraction of sp³-hybridized carbons (Fsp3) is 0.889. The van der Waals surface area contributed by atoms with E-state index in [0.29, 0.717) is 13.0 Å². The lowest BCUT2D eigenvalue weighted by Crippen LogP contribution is -2.61. The van der Waals surface area contributed by atoms with Crippen LogP contribution in [-0.2, 0) is 19.0 Å². The van der Waals surface area contributed by atoms with Crippen LogP contribution in [0.25, 0.3) is 0 Å². The van der Waals surface area contributed by atoms with Crippen molar-refractivity contribution in [3.8, 4) is 0 Å². The summed E-state index contributed by atoms with van der Waals surface area (Å²) in [5.74, 6) is -3.04. The Morgan fingerprint density at radius 1 is 1.16 bits per heavy atom. The number of rotatable bonds is 13. The molecular formula is C27H50N2O9. The first-order valence-corrected chi connectivity index (χ1v) is 13.8. The topological polar surface area (TPSA) is 198 Å². The Morgan fingerprint density at radius 3 is 2.39 bits per heavy atom. The van der Waals surface area contributed by atoms with E-state index in [0.717, 1.165) is 0 Å². The molecule has 38 heavy (non-hydrogen) atoms. The van der Waals surface area contributed by atoms with Crippen molar-refractivity contribution in [2.45, 2.75) is 128 Å². The summed E-state index contributed by atoms with van der Waals surface area (Å²) in [6.45, 7) is 9.50. The van der Waals surface area contributed by atoms with Gasteiger partial charge in [0.2, 0.25) is 0 Å². The van der Waals surface area contributed by atoms with Gasteiger partial charge in [-0.05, 0) is 31.7 Å². The molecule has 0 aromatic rings. The third kappa shape index (κ3) is 9.02. The molecule has 9 N–H and O–H groups in total. The van der Waals surface area contributed by atoms with Crippen molar-refractivity contribution >= 4 is 5.78 Å². The second kappa shape index (κ2) is 14.6. The normalized spacial score (nSPS) is 38.2. The minimum Gasteiger partial charge on any atom is -0.393 e. The van der Waals surface area contributed by atoms with Crippen LogP contribution in [0.4, 0.5) is 0 Å². The zero-order chi connectivity index (χ0) is 28.8. The highest BCUT2D eigenvalue weighted by Crippen LogP contribution is 2.39. The average molecular weight is 547 g/mol. The smallest absolute Gasteiger partial charge is 0.186 e. The number of carbonyl (C=O) groups is 1. The van der Waals surface area contributed by atoms with Gasteiger partial charge in [-0.15, -0.1) is 0 Å². The zero-order valence-corrected chi connectivity index (χ0v) is 23.3. The lowest BCUT2D eigenvalue weighted by Gasteiger charge is -2.46. The molecule has 2 aliphatic heterocycles. The Morgan fingerprint density at radius 2 is 1.82 bits per heavy atom. The summed E-state index contributed by atoms with van der Waals surface area (Å²) in [4.78, 5) is 13.1. The van der Waals surface area contributed by atoms with E-state index in [1.165, 1.54) is 0 Å². The van der Waals surface area contributed by atoms with Gasteiger partial charge in [0.25, 0.3) is 0 Å². The minimum absolute atomic E-state index is 0.0398. The van der Waals surface area contributed by atoms with E-state index in [1.54, 1.807) is 13.0 Å². The molecule has 0 amide bonds. The van der Waals surface area contributed by atoms with Crippen LogP contribution in [0, 0.1) is 17.8 Å². The van der Waals surface area contributed by atoms with Crippen LogP contribution in [0.2, 0.25) is 0 Å². The van der Waals surface area contributed by atoms with Crippen LogP contribution in [0.5, 0.6) is 0 Å². The van der Waals surface area contributed by atoms with Gasteiger partial charge in [0, 0.05) is 25.7 Å². The van der Waals surface area contributed by atoms with Crippen LogP contribution in [0.15, 0.2) is 12.2 Å². The van der Waals surface area contributed by atoms with Gasteiger partial charge in [-0.25, -0.2) is 0 Å². The van der Waals surface area contributed by atoms with Crippen molar-refractivity contribution in [3.05, 3.63) is 12.2 Å². The Bertz CT molecular complexity index is 767. The number of carbonyl (C=O) groups excluding carboxylic acids is 1. The molecule has 2 saturated heterocycles. The number of hydrogen-bond donors (Lipinski definition) is 7. The van der Waals surface area contributed by atoms with Crippen molar-refractivity contribution < 1.29 is 44.5 Å². The Balaban J connectivity index is 2.35. The summed E-state index contributed by atoms with van der Waals surface area (Å²) in [7, 11) is 0. The number of aliphatic hydroxyl groups is 5. The lowest BCUT2D eigenvalue weighted by atomic mass is 9.79. The van der Waals surface area contributed by atoms with E-state index in [9.17, 15) is 30.3 Å². The molecule has 0 radical (unpaired) electrons. The van der Waals surface area contributed by atoms with Crippen LogP contribution in [-0.4, -0.2) is 98.7 Å². The summed E-state index contributed by atoms with van der Waals surface area (Å²) in [6.07, 6.45) is -4.13. The molecule has 2 heterocycles. The fourth-order valence-corrected chi connectivity index (χ4v) is 4.97. The van der Waals surface area contributed by atoms with E-state index in [1.807, 2.05) is 33.8 Å². The van der Waals surface area contributed by atoms with Crippen LogP contribution >= 0.6 is 0 Å². The monoisotopic (exact) mass is 546 g/mol. The van der Waals surface area contributed by atoms with E-state index < -0.39 is 66.8 Å². The van der Waals surface area contributed by atoms with E-state index in [-0.39, 0.29) is 43.3 Å². The molecule has 0 aliphatic carbocycles. The van der Waals surface area contributed by atoms with Crippen molar-refractivity contribution in [1.29, 1.82) is 0 Å². The maximum atomic E-state index is 13.1. The maximum Gasteiger partial charge on any atom is 0.186 e. The van der Waals surface area contributed by atoms with Crippen molar-refractivity contribution in [2.75, 3.05) is 6.54 Å². The molecule has 11 heteroatoms. The zero-order valence-electron chi connectivity index (χ0n) is 23.3. The molecule has 7 unspecified atom stereocenters. The summed E-state index contributed by atoms with van der Waals surface area (Å²) in [5.41, 5.74) is 11.6. The molecule has 2 rings (SSSR count). The van der Waals surface area contributed by atoms with Gasteiger partial charge in [-0.1, -0.05) is 39.8 Å². The molecule has 2 aliphatic rings. The number of ether oxygens (including phenoxy) is 3. The third-order valence-corrected chi connectivity index (χ3v) is 7.39. The molecule has 0 saturated carbocycles. The first-order valence-electron chi connectivity index (χ1n) is 13.8. The quantitative estimate of drug-likeness (QED) is 0.153. The van der Waals surface area contributed by atoms with Gasteiger partial charge in [0.1, 0.15) is 11.9 Å². The lowest BCUT2D eigenvalue weighted by molar-refractivity contribution is -0.307. The first kappa shape index (κ1) is 33.2. The van der Waals surface area contributed by atoms with Gasteiger partial charge >= 0.3 is 0 Å². The average Bonchev–Trinajstić information content (AvgIpc) is 2.82. The Hall–Kier alpha value is -0.990. The SMILES string of the molecule is CC(C)/C=C/[C@@H](CC1O[C@](O)(C[C@@H](O)C(C)C)CC(O)[C@H]1C(=O)CCCN)OC1OC(C)C(O)C(N)C1O. The highest BCUT2D eigenvalue weighted by atomic mass is 16.7. The van der Waals surface area contributed by atoms with Crippen LogP contribution in [0.3, 0.4) is 0 Å². The van der Waals surface area contributed by atoms with E-state index in [2.05, 4.69) is 0 Å². The number of Topliss-reactive ketones (excluding diaryl/α,β-unsaturated/α-hetero) is 1. The highest BCUT2D eigenvalue weighted by Gasteiger charge is 2.50. The van der Waals surface area contributed by atoms with E-state index >= 15 is 0 Å². The Kier molecular flexibility index (Phi) is 12.7. The number of aliphatic hydroxyl groups excluding tert-OH is 4. The van der Waals surface area contributed by atoms with Crippen molar-refractivity contribution in [3.63, 3.8) is 0 Å². The molecule has 11 nitrogen and oxygen atoms in total. The van der Waals surface area contributed by atoms with Crippen LogP contribution < -0.4 is 11.5 Å². The van der Waals surface area contributed by atoms with Gasteiger partial charge in [-0.2, -0.15) is 0 Å². The standard InChI is InChI=1S/C27H50N2O9/c1-14(2)8-9-17(37-26-25(34)23(29)24(33)16(5)36-26)11-21-22(18(30)7-6-10-28)20(32)13-27(35,38-21)12-19(31)15(3)4/h8-9,14-17,19-26,31-35H,6-7,10-13,28-29H2,1-5H3/b9-8+/t16?,17-,19+,20?,21?,22+,23?,24?,25?,26?,27+/m0/s1. The second-order valence-corrected chi connectivity index (χ2v) is 11.6. The molecule has 222 valence electrons. The largest absolute Gasteiger partial charge is 0.393 e. The molecule has 11 atom stereocenters. The van der Waals surface area contributed by atoms with Crippen molar-refractivity contribution in [2.24, 2.45) is 29.2 Å². The Labute approximate surface area is 226 Å². The fourth-order valence-electron chi connectivity index (χ4n) is 4.97. The summed E-state index contributed by atoms with van der Waals surface area (Å²) < 4.78 is 17.9. The number of ketones is 1. The van der Waals surface area contributed by atoms with Gasteiger partial charge < -0.3 is 51.2 Å². The molecule has 0 bridgehead atoms. The van der Waals surface area contributed by atoms with Gasteiger partial charge in [0.15, 0.2) is 12.1 Å². The summed E-state index contributed by atoms with van der Waals surface area (Å²) in [6, 6.07) is -0.987. The number of nitrogens with two attached hydrogens (primary N) is 2.